The number of para-hydroxylation sites is 1. The molecule has 0 bridgehead atoms. The van der Waals surface area contributed by atoms with E-state index in [0.717, 1.165) is 5.56 Å². The van der Waals surface area contributed by atoms with Crippen LogP contribution in [0.25, 0.3) is 0 Å². The average molecular weight is 419 g/mol. The Morgan fingerprint density at radius 3 is 2.21 bits per heavy atom. The van der Waals surface area contributed by atoms with Crippen molar-refractivity contribution in [3.05, 3.63) is 59.7 Å². The number of carbonyl (C=O) groups is 2. The molecule has 0 radical (unpaired) electrons. The number of esters is 1. The van der Waals surface area contributed by atoms with E-state index in [2.05, 4.69) is 10.0 Å². The first-order valence-electron chi connectivity index (χ1n) is 9.21. The Morgan fingerprint density at radius 1 is 1.03 bits per heavy atom. The van der Waals surface area contributed by atoms with Gasteiger partial charge in [-0.3, -0.25) is 9.52 Å². The molecule has 0 spiro atoms. The minimum Gasteiger partial charge on any atom is -0.467 e. The van der Waals surface area contributed by atoms with E-state index >= 15 is 0 Å². The largest absolute Gasteiger partial charge is 0.467 e. The summed E-state index contributed by atoms with van der Waals surface area (Å²) in [6.45, 7) is 5.67. The van der Waals surface area contributed by atoms with Crippen molar-refractivity contribution in [2.45, 2.75) is 38.1 Å². The Hall–Kier alpha value is -2.87. The minimum atomic E-state index is -3.79. The topological polar surface area (TPSA) is 102 Å². The summed E-state index contributed by atoms with van der Waals surface area (Å²) in [6.07, 6.45) is 0.436. The first kappa shape index (κ1) is 22.4. The number of ether oxygens (including phenoxy) is 1. The predicted molar refractivity (Wildman–Crippen MR) is 111 cm³/mol. The third-order valence-corrected chi connectivity index (χ3v) is 5.70. The lowest BCUT2D eigenvalue weighted by atomic mass is 10.0. The number of rotatable bonds is 8. The molecule has 2 rings (SSSR count). The molecule has 2 aromatic rings. The fourth-order valence-corrected chi connectivity index (χ4v) is 3.88. The fourth-order valence-electron chi connectivity index (χ4n) is 2.75. The molecule has 0 aromatic heterocycles. The number of aryl methyl sites for hydroxylation is 1. The maximum Gasteiger partial charge on any atom is 0.328 e. The Morgan fingerprint density at radius 2 is 1.66 bits per heavy atom. The first-order valence-corrected chi connectivity index (χ1v) is 10.7. The Balaban J connectivity index is 2.15. The van der Waals surface area contributed by atoms with E-state index in [4.69, 9.17) is 4.74 Å². The van der Waals surface area contributed by atoms with Crippen molar-refractivity contribution in [1.82, 2.24) is 5.32 Å². The van der Waals surface area contributed by atoms with Crippen molar-refractivity contribution in [1.29, 1.82) is 0 Å². The quantitative estimate of drug-likeness (QED) is 0.642. The Bertz CT molecular complexity index is 969. The number of anilines is 1. The normalized spacial score (nSPS) is 12.3. The molecular formula is C21H26N2O5S. The Kier molecular flexibility index (Phi) is 7.39. The van der Waals surface area contributed by atoms with Crippen LogP contribution >= 0.6 is 0 Å². The lowest BCUT2D eigenvalue weighted by Crippen LogP contribution is -2.42. The fraction of sp³-hybridized carbons (Fsp3) is 0.333. The highest BCUT2D eigenvalue weighted by molar-refractivity contribution is 7.92. The lowest BCUT2D eigenvalue weighted by Gasteiger charge is -2.18. The molecule has 0 saturated heterocycles. The number of sulfonamides is 1. The second-order valence-electron chi connectivity index (χ2n) is 7.12. The summed E-state index contributed by atoms with van der Waals surface area (Å²) >= 11 is 0. The van der Waals surface area contributed by atoms with Gasteiger partial charge in [0.1, 0.15) is 6.04 Å². The molecule has 0 aliphatic heterocycles. The van der Waals surface area contributed by atoms with Crippen LogP contribution in [0.15, 0.2) is 53.4 Å². The summed E-state index contributed by atoms with van der Waals surface area (Å²) in [5.41, 5.74) is 1.53. The summed E-state index contributed by atoms with van der Waals surface area (Å²) in [5.74, 6) is -0.815. The van der Waals surface area contributed by atoms with Crippen LogP contribution in [0.4, 0.5) is 5.69 Å². The van der Waals surface area contributed by atoms with Gasteiger partial charge in [0.15, 0.2) is 0 Å². The van der Waals surface area contributed by atoms with Crippen LogP contribution in [-0.4, -0.2) is 33.4 Å². The van der Waals surface area contributed by atoms with Crippen molar-refractivity contribution >= 4 is 27.6 Å². The molecule has 0 aliphatic rings. The van der Waals surface area contributed by atoms with Crippen molar-refractivity contribution in [3.8, 4) is 0 Å². The number of nitrogens with one attached hydrogen (secondary N) is 2. The van der Waals surface area contributed by atoms with Gasteiger partial charge in [-0.1, -0.05) is 32.0 Å². The maximum atomic E-state index is 12.6. The number of amides is 1. The van der Waals surface area contributed by atoms with Crippen LogP contribution in [0.1, 0.15) is 36.2 Å². The van der Waals surface area contributed by atoms with E-state index in [0.29, 0.717) is 12.1 Å². The molecular weight excluding hydrogens is 392 g/mol. The van der Waals surface area contributed by atoms with Gasteiger partial charge in [-0.2, -0.15) is 0 Å². The number of benzene rings is 2. The second kappa shape index (κ2) is 9.56. The number of carbonyl (C=O) groups excluding carboxylic acids is 2. The van der Waals surface area contributed by atoms with Crippen LogP contribution in [0.5, 0.6) is 0 Å². The van der Waals surface area contributed by atoms with E-state index in [1.807, 2.05) is 19.9 Å². The van der Waals surface area contributed by atoms with Gasteiger partial charge in [-0.05, 0) is 55.2 Å². The smallest absolute Gasteiger partial charge is 0.328 e. The van der Waals surface area contributed by atoms with E-state index in [1.54, 1.807) is 25.1 Å². The molecule has 0 fully saturated rings. The molecule has 0 aliphatic carbocycles. The number of hydrogen-bond donors (Lipinski definition) is 2. The van der Waals surface area contributed by atoms with Gasteiger partial charge in [0.05, 0.1) is 17.7 Å². The van der Waals surface area contributed by atoms with Gasteiger partial charge in [-0.25, -0.2) is 13.2 Å². The van der Waals surface area contributed by atoms with Crippen LogP contribution in [-0.2, 0) is 19.6 Å². The molecule has 1 unspecified atom stereocenters. The van der Waals surface area contributed by atoms with Crippen molar-refractivity contribution in [2.75, 3.05) is 11.8 Å². The van der Waals surface area contributed by atoms with Gasteiger partial charge < -0.3 is 10.1 Å². The molecule has 1 atom stereocenters. The molecule has 1 amide bonds. The summed E-state index contributed by atoms with van der Waals surface area (Å²) in [5, 5.41) is 2.64. The third-order valence-electron chi connectivity index (χ3n) is 4.31. The monoisotopic (exact) mass is 418 g/mol. The molecule has 0 heterocycles. The van der Waals surface area contributed by atoms with Crippen LogP contribution in [0.2, 0.25) is 0 Å². The van der Waals surface area contributed by atoms with E-state index in [1.165, 1.54) is 31.4 Å². The molecule has 8 heteroatoms. The van der Waals surface area contributed by atoms with E-state index in [9.17, 15) is 18.0 Å². The summed E-state index contributed by atoms with van der Waals surface area (Å²) in [6, 6.07) is 11.8. The zero-order chi connectivity index (χ0) is 21.6. The minimum absolute atomic E-state index is 0.0315. The van der Waals surface area contributed by atoms with Gasteiger partial charge >= 0.3 is 5.97 Å². The van der Waals surface area contributed by atoms with Crippen molar-refractivity contribution < 1.29 is 22.7 Å². The average Bonchev–Trinajstić information content (AvgIpc) is 2.68. The highest BCUT2D eigenvalue weighted by Gasteiger charge is 2.23. The molecule has 156 valence electrons. The zero-order valence-electron chi connectivity index (χ0n) is 16.9. The molecule has 29 heavy (non-hydrogen) atoms. The Labute approximate surface area is 171 Å². The predicted octanol–water partition coefficient (Wildman–Crippen LogP) is 3.11. The van der Waals surface area contributed by atoms with Gasteiger partial charge in [0.25, 0.3) is 15.9 Å². The number of hydrogen-bond acceptors (Lipinski definition) is 5. The summed E-state index contributed by atoms with van der Waals surface area (Å²) < 4.78 is 32.5. The highest BCUT2D eigenvalue weighted by Crippen LogP contribution is 2.19. The number of methoxy groups -OCH3 is 1. The van der Waals surface area contributed by atoms with Crippen LogP contribution < -0.4 is 10.0 Å². The lowest BCUT2D eigenvalue weighted by molar-refractivity contribution is -0.143. The van der Waals surface area contributed by atoms with Crippen molar-refractivity contribution in [3.63, 3.8) is 0 Å². The standard InChI is InChI=1S/C21H26N2O5S/c1-14(2)13-19(21(25)28-4)22-20(24)16-9-11-17(12-10-16)29(26,27)23-18-8-6-5-7-15(18)3/h5-12,14,19,23H,13H2,1-4H3,(H,22,24). The first-order chi connectivity index (χ1) is 13.6. The maximum absolute atomic E-state index is 12.6. The van der Waals surface area contributed by atoms with Crippen LogP contribution in [0, 0.1) is 12.8 Å². The van der Waals surface area contributed by atoms with Crippen molar-refractivity contribution in [2.24, 2.45) is 5.92 Å². The molecule has 0 saturated carbocycles. The van der Waals surface area contributed by atoms with Gasteiger partial charge in [0.2, 0.25) is 0 Å². The van der Waals surface area contributed by atoms with Crippen LogP contribution in [0.3, 0.4) is 0 Å². The summed E-state index contributed by atoms with van der Waals surface area (Å²) in [4.78, 5) is 24.4. The van der Waals surface area contributed by atoms with Gasteiger partial charge in [-0.15, -0.1) is 0 Å². The molecule has 2 N–H and O–H groups in total. The molecule has 7 nitrogen and oxygen atoms in total. The second-order valence-corrected chi connectivity index (χ2v) is 8.81. The van der Waals surface area contributed by atoms with E-state index in [-0.39, 0.29) is 16.4 Å². The summed E-state index contributed by atoms with van der Waals surface area (Å²) in [7, 11) is -2.52. The SMILES string of the molecule is COC(=O)C(CC(C)C)NC(=O)c1ccc(S(=O)(=O)Nc2ccccc2C)cc1. The third kappa shape index (κ3) is 6.05. The molecule has 2 aromatic carbocycles. The van der Waals surface area contributed by atoms with Gasteiger partial charge in [0, 0.05) is 5.56 Å². The highest BCUT2D eigenvalue weighted by atomic mass is 32.2. The zero-order valence-corrected chi connectivity index (χ0v) is 17.7. The van der Waals surface area contributed by atoms with E-state index < -0.39 is 27.9 Å².